The first-order valence-electron chi connectivity index (χ1n) is 12.5. The van der Waals surface area contributed by atoms with Crippen molar-refractivity contribution in [1.82, 2.24) is 9.97 Å². The van der Waals surface area contributed by atoms with E-state index in [4.69, 9.17) is 14.2 Å². The molecule has 0 fully saturated rings. The molecule has 0 amide bonds. The number of ether oxygens (including phenoxy) is 3. The molecule has 1 heterocycles. The molecular formula is C27H42N2O3. The number of hydrogen-bond acceptors (Lipinski definition) is 5. The van der Waals surface area contributed by atoms with Crippen LogP contribution in [-0.4, -0.2) is 36.4 Å². The third-order valence-electron chi connectivity index (χ3n) is 5.42. The molecule has 0 N–H and O–H groups in total. The van der Waals surface area contributed by atoms with Crippen molar-refractivity contribution in [1.29, 1.82) is 0 Å². The van der Waals surface area contributed by atoms with Crippen LogP contribution >= 0.6 is 0 Å². The number of aromatic nitrogens is 2. The summed E-state index contributed by atoms with van der Waals surface area (Å²) in [5.41, 5.74) is 0.969. The Labute approximate surface area is 194 Å². The van der Waals surface area contributed by atoms with E-state index in [0.29, 0.717) is 24.1 Å². The maximum Gasteiger partial charge on any atom is 0.159 e. The molecule has 0 bridgehead atoms. The van der Waals surface area contributed by atoms with Crippen LogP contribution in [0.2, 0.25) is 0 Å². The summed E-state index contributed by atoms with van der Waals surface area (Å²) in [6, 6.07) is 8.00. The minimum Gasteiger partial charge on any atom is -0.493 e. The zero-order valence-electron chi connectivity index (χ0n) is 20.4. The Kier molecular flexibility index (Phi) is 13.5. The fourth-order valence-electron chi connectivity index (χ4n) is 3.39. The third-order valence-corrected chi connectivity index (χ3v) is 5.42. The summed E-state index contributed by atoms with van der Waals surface area (Å²) in [4.78, 5) is 8.88. The van der Waals surface area contributed by atoms with E-state index >= 15 is 0 Å². The van der Waals surface area contributed by atoms with E-state index in [2.05, 4.69) is 30.7 Å². The van der Waals surface area contributed by atoms with Crippen LogP contribution in [0.25, 0.3) is 11.4 Å². The summed E-state index contributed by atoms with van der Waals surface area (Å²) in [5.74, 6) is 2.85. The number of rotatable bonds is 18. The second-order valence-electron chi connectivity index (χ2n) is 8.55. The van der Waals surface area contributed by atoms with E-state index in [1.165, 1.54) is 44.9 Å². The molecule has 1 atom stereocenters. The molecule has 0 aliphatic rings. The van der Waals surface area contributed by atoms with Gasteiger partial charge in [0.25, 0.3) is 0 Å². The van der Waals surface area contributed by atoms with E-state index in [-0.39, 0.29) is 0 Å². The van der Waals surface area contributed by atoms with Crippen LogP contribution in [0.3, 0.4) is 0 Å². The van der Waals surface area contributed by atoms with Crippen LogP contribution in [0.5, 0.6) is 11.5 Å². The normalized spacial score (nSPS) is 12.0. The van der Waals surface area contributed by atoms with Gasteiger partial charge in [0, 0.05) is 25.2 Å². The van der Waals surface area contributed by atoms with E-state index in [0.717, 1.165) is 44.0 Å². The van der Waals surface area contributed by atoms with Crippen molar-refractivity contribution < 1.29 is 14.2 Å². The molecule has 5 heteroatoms. The standard InChI is InChI=1S/C27H42N2O3/c1-4-6-8-9-12-23(3)22-32-25-15-13-24(14-16-25)27-28-20-26(21-29-27)31-19-11-18-30-17-10-7-5-2/h13-16,20-21,23H,4-12,17-19,22H2,1-3H3. The van der Waals surface area contributed by atoms with Gasteiger partial charge in [0.2, 0.25) is 0 Å². The molecule has 2 aromatic rings. The van der Waals surface area contributed by atoms with Gasteiger partial charge >= 0.3 is 0 Å². The van der Waals surface area contributed by atoms with Gasteiger partial charge in [-0.05, 0) is 43.0 Å². The number of nitrogens with zero attached hydrogens (tertiary/aromatic N) is 2. The molecule has 1 aromatic carbocycles. The van der Waals surface area contributed by atoms with E-state index in [1.54, 1.807) is 12.4 Å². The fraction of sp³-hybridized carbons (Fsp3) is 0.630. The summed E-state index contributed by atoms with van der Waals surface area (Å²) >= 11 is 0. The highest BCUT2D eigenvalue weighted by atomic mass is 16.5. The van der Waals surface area contributed by atoms with Crippen LogP contribution in [0.1, 0.15) is 78.6 Å². The molecule has 0 radical (unpaired) electrons. The molecule has 2 rings (SSSR count). The molecule has 1 unspecified atom stereocenters. The summed E-state index contributed by atoms with van der Waals surface area (Å²) in [5, 5.41) is 0. The number of unbranched alkanes of at least 4 members (excludes halogenated alkanes) is 5. The van der Waals surface area contributed by atoms with Gasteiger partial charge < -0.3 is 14.2 Å². The van der Waals surface area contributed by atoms with Crippen LogP contribution in [0, 0.1) is 5.92 Å². The van der Waals surface area contributed by atoms with E-state index in [9.17, 15) is 0 Å². The van der Waals surface area contributed by atoms with Gasteiger partial charge in [-0.3, -0.25) is 0 Å². The van der Waals surface area contributed by atoms with Gasteiger partial charge in [-0.25, -0.2) is 9.97 Å². The van der Waals surface area contributed by atoms with Crippen molar-refractivity contribution in [3.8, 4) is 22.9 Å². The van der Waals surface area contributed by atoms with E-state index in [1.807, 2.05) is 24.3 Å². The maximum atomic E-state index is 5.96. The average Bonchev–Trinajstić information content (AvgIpc) is 2.83. The summed E-state index contributed by atoms with van der Waals surface area (Å²) < 4.78 is 17.3. The van der Waals surface area contributed by atoms with Crippen LogP contribution < -0.4 is 9.47 Å². The lowest BCUT2D eigenvalue weighted by Crippen LogP contribution is -2.08. The minimum absolute atomic E-state index is 0.579. The first-order valence-corrected chi connectivity index (χ1v) is 12.5. The summed E-state index contributed by atoms with van der Waals surface area (Å²) in [6.07, 6.45) is 14.4. The SMILES string of the molecule is CCCCCCC(C)COc1ccc(-c2ncc(OCCCOCCCCC)cn2)cc1. The predicted molar refractivity (Wildman–Crippen MR) is 131 cm³/mol. The van der Waals surface area contributed by atoms with Crippen molar-refractivity contribution in [2.75, 3.05) is 26.4 Å². The van der Waals surface area contributed by atoms with Gasteiger partial charge in [0.15, 0.2) is 11.6 Å². The lowest BCUT2D eigenvalue weighted by molar-refractivity contribution is 0.116. The summed E-state index contributed by atoms with van der Waals surface area (Å²) in [7, 11) is 0. The minimum atomic E-state index is 0.579. The highest BCUT2D eigenvalue weighted by Crippen LogP contribution is 2.21. The van der Waals surface area contributed by atoms with Gasteiger partial charge in [-0.15, -0.1) is 0 Å². The number of hydrogen-bond donors (Lipinski definition) is 0. The zero-order chi connectivity index (χ0) is 22.9. The van der Waals surface area contributed by atoms with Crippen LogP contribution in [0.4, 0.5) is 0 Å². The van der Waals surface area contributed by atoms with Crippen LogP contribution in [0.15, 0.2) is 36.7 Å². The molecule has 0 aliphatic carbocycles. The Morgan fingerprint density at radius 2 is 1.41 bits per heavy atom. The van der Waals surface area contributed by atoms with Crippen molar-refractivity contribution >= 4 is 0 Å². The Morgan fingerprint density at radius 3 is 2.12 bits per heavy atom. The number of benzene rings is 1. The maximum absolute atomic E-state index is 5.96. The molecule has 5 nitrogen and oxygen atoms in total. The Bertz CT molecular complexity index is 704. The predicted octanol–water partition coefficient (Wildman–Crippen LogP) is 7.10. The topological polar surface area (TPSA) is 53.5 Å². The Morgan fingerprint density at radius 1 is 0.719 bits per heavy atom. The second-order valence-corrected chi connectivity index (χ2v) is 8.55. The summed E-state index contributed by atoms with van der Waals surface area (Å²) in [6.45, 7) is 9.65. The van der Waals surface area contributed by atoms with Crippen molar-refractivity contribution in [2.45, 2.75) is 78.6 Å². The van der Waals surface area contributed by atoms with Crippen LogP contribution in [-0.2, 0) is 4.74 Å². The molecule has 1 aromatic heterocycles. The molecule has 178 valence electrons. The monoisotopic (exact) mass is 442 g/mol. The Balaban J connectivity index is 1.67. The molecule has 32 heavy (non-hydrogen) atoms. The first-order chi connectivity index (χ1) is 15.7. The van der Waals surface area contributed by atoms with Crippen molar-refractivity contribution in [3.63, 3.8) is 0 Å². The zero-order valence-corrected chi connectivity index (χ0v) is 20.4. The van der Waals surface area contributed by atoms with Gasteiger partial charge in [0.1, 0.15) is 5.75 Å². The fourth-order valence-corrected chi connectivity index (χ4v) is 3.39. The average molecular weight is 443 g/mol. The molecule has 0 saturated heterocycles. The van der Waals surface area contributed by atoms with E-state index < -0.39 is 0 Å². The Hall–Kier alpha value is -2.14. The molecule has 0 aliphatic heterocycles. The highest BCUT2D eigenvalue weighted by molar-refractivity contribution is 5.56. The van der Waals surface area contributed by atoms with Gasteiger partial charge in [-0.2, -0.15) is 0 Å². The van der Waals surface area contributed by atoms with Crippen molar-refractivity contribution in [2.24, 2.45) is 5.92 Å². The molecular weight excluding hydrogens is 400 g/mol. The lowest BCUT2D eigenvalue weighted by Gasteiger charge is -2.13. The highest BCUT2D eigenvalue weighted by Gasteiger charge is 2.06. The van der Waals surface area contributed by atoms with Gasteiger partial charge in [0.05, 0.1) is 25.6 Å². The largest absolute Gasteiger partial charge is 0.493 e. The van der Waals surface area contributed by atoms with Crippen molar-refractivity contribution in [3.05, 3.63) is 36.7 Å². The molecule has 0 spiro atoms. The quantitative estimate of drug-likeness (QED) is 0.230. The molecule has 0 saturated carbocycles. The smallest absolute Gasteiger partial charge is 0.159 e. The lowest BCUT2D eigenvalue weighted by atomic mass is 10.0. The van der Waals surface area contributed by atoms with Gasteiger partial charge in [-0.1, -0.05) is 59.3 Å². The second kappa shape index (κ2) is 16.5. The first kappa shape index (κ1) is 26.1. The third kappa shape index (κ3) is 10.9.